The van der Waals surface area contributed by atoms with Crippen LogP contribution >= 0.6 is 23.2 Å². The molecule has 1 N–H and O–H groups in total. The van der Waals surface area contributed by atoms with Crippen molar-refractivity contribution < 1.29 is 4.74 Å². The van der Waals surface area contributed by atoms with Gasteiger partial charge in [-0.15, -0.1) is 0 Å². The van der Waals surface area contributed by atoms with Gasteiger partial charge in [-0.1, -0.05) is 42.6 Å². The first-order valence-corrected chi connectivity index (χ1v) is 6.59. The summed E-state index contributed by atoms with van der Waals surface area (Å²) in [4.78, 5) is 0. The lowest BCUT2D eigenvalue weighted by molar-refractivity contribution is 0.161. The number of benzene rings is 1. The van der Waals surface area contributed by atoms with Crippen LogP contribution in [0.2, 0.25) is 10.0 Å². The van der Waals surface area contributed by atoms with Crippen LogP contribution in [0, 0.1) is 0 Å². The van der Waals surface area contributed by atoms with Gasteiger partial charge in [0.15, 0.2) is 0 Å². The molecule has 1 unspecified atom stereocenters. The van der Waals surface area contributed by atoms with Crippen molar-refractivity contribution in [3.8, 4) is 0 Å². The molecule has 1 aromatic carbocycles. The highest BCUT2D eigenvalue weighted by molar-refractivity contribution is 6.35. The summed E-state index contributed by atoms with van der Waals surface area (Å²) in [6.45, 7) is 3.54. The highest BCUT2D eigenvalue weighted by Gasteiger charge is 2.10. The molecule has 0 aromatic heterocycles. The van der Waals surface area contributed by atoms with E-state index in [2.05, 4.69) is 12.2 Å². The average Bonchev–Trinajstić information content (AvgIpc) is 2.29. The Morgan fingerprint density at radius 2 is 1.94 bits per heavy atom. The van der Waals surface area contributed by atoms with Crippen LogP contribution in [0.5, 0.6) is 0 Å². The van der Waals surface area contributed by atoms with E-state index in [-0.39, 0.29) is 0 Å². The van der Waals surface area contributed by atoms with Gasteiger partial charge in [-0.3, -0.25) is 0 Å². The Hall–Kier alpha value is -0.280. The minimum Gasteiger partial charge on any atom is -0.383 e. The fourth-order valence-electron chi connectivity index (χ4n) is 1.74. The number of halogens is 2. The van der Waals surface area contributed by atoms with E-state index in [0.717, 1.165) is 18.4 Å². The zero-order valence-electron chi connectivity index (χ0n) is 10.3. The predicted octanol–water partition coefficient (Wildman–Crippen LogP) is 3.90. The van der Waals surface area contributed by atoms with Crippen molar-refractivity contribution in [2.24, 2.45) is 0 Å². The molecule has 0 bridgehead atoms. The van der Waals surface area contributed by atoms with Crippen LogP contribution in [0.15, 0.2) is 18.2 Å². The highest BCUT2D eigenvalue weighted by atomic mass is 35.5. The van der Waals surface area contributed by atoms with Gasteiger partial charge in [-0.25, -0.2) is 0 Å². The van der Waals surface area contributed by atoms with E-state index in [0.29, 0.717) is 29.2 Å². The molecule has 0 amide bonds. The number of methoxy groups -OCH3 is 1. The lowest BCUT2D eigenvalue weighted by Crippen LogP contribution is -2.32. The Morgan fingerprint density at radius 1 is 1.29 bits per heavy atom. The molecule has 1 rings (SSSR count). The molecule has 0 aliphatic rings. The summed E-state index contributed by atoms with van der Waals surface area (Å²) >= 11 is 12.2. The summed E-state index contributed by atoms with van der Waals surface area (Å²) in [6.07, 6.45) is 2.20. The Morgan fingerprint density at radius 3 is 2.47 bits per heavy atom. The minimum absolute atomic E-state index is 0.345. The highest BCUT2D eigenvalue weighted by Crippen LogP contribution is 2.24. The first-order chi connectivity index (χ1) is 8.19. The Balaban J connectivity index is 2.58. The lowest BCUT2D eigenvalue weighted by Gasteiger charge is -2.18. The van der Waals surface area contributed by atoms with Gasteiger partial charge in [-0.2, -0.15) is 0 Å². The first-order valence-electron chi connectivity index (χ1n) is 5.84. The maximum absolute atomic E-state index is 6.11. The molecule has 0 aliphatic carbocycles. The third-order valence-electron chi connectivity index (χ3n) is 2.63. The van der Waals surface area contributed by atoms with Crippen molar-refractivity contribution >= 4 is 23.2 Å². The maximum atomic E-state index is 6.11. The lowest BCUT2D eigenvalue weighted by atomic mass is 10.1. The fraction of sp³-hybridized carbons (Fsp3) is 0.538. The summed E-state index contributed by atoms with van der Waals surface area (Å²) in [5, 5.41) is 4.84. The van der Waals surface area contributed by atoms with Gasteiger partial charge in [0.25, 0.3) is 0 Å². The first kappa shape index (κ1) is 14.8. The molecule has 17 heavy (non-hydrogen) atoms. The molecule has 2 nitrogen and oxygen atoms in total. The molecule has 0 saturated carbocycles. The van der Waals surface area contributed by atoms with E-state index in [1.54, 1.807) is 7.11 Å². The van der Waals surface area contributed by atoms with Gasteiger partial charge in [0.05, 0.1) is 6.61 Å². The normalized spacial score (nSPS) is 12.7. The third-order valence-corrected chi connectivity index (χ3v) is 3.34. The van der Waals surface area contributed by atoms with Gasteiger partial charge < -0.3 is 10.1 Å². The molecule has 96 valence electrons. The van der Waals surface area contributed by atoms with E-state index < -0.39 is 0 Å². The zero-order valence-corrected chi connectivity index (χ0v) is 11.8. The van der Waals surface area contributed by atoms with Crippen molar-refractivity contribution in [2.45, 2.75) is 32.4 Å². The van der Waals surface area contributed by atoms with Crippen LogP contribution < -0.4 is 5.32 Å². The standard InChI is InChI=1S/C13H19Cl2NO/c1-3-5-10(9-17-2)16-8-11-12(14)6-4-7-13(11)15/h4,6-7,10,16H,3,5,8-9H2,1-2H3. The number of hydrogen-bond donors (Lipinski definition) is 1. The minimum atomic E-state index is 0.345. The molecule has 0 saturated heterocycles. The molecule has 0 spiro atoms. The molecule has 1 atom stereocenters. The smallest absolute Gasteiger partial charge is 0.0615 e. The van der Waals surface area contributed by atoms with Gasteiger partial charge >= 0.3 is 0 Å². The Bertz CT molecular complexity index is 318. The molecule has 4 heteroatoms. The molecule has 1 aromatic rings. The van der Waals surface area contributed by atoms with Crippen LogP contribution in [0.1, 0.15) is 25.3 Å². The molecule has 0 fully saturated rings. The topological polar surface area (TPSA) is 21.3 Å². The Kier molecular flexibility index (Phi) is 6.90. The van der Waals surface area contributed by atoms with Crippen LogP contribution in [-0.2, 0) is 11.3 Å². The number of nitrogens with one attached hydrogen (secondary N) is 1. The summed E-state index contributed by atoms with van der Waals surface area (Å²) in [7, 11) is 1.72. The van der Waals surface area contributed by atoms with Crippen molar-refractivity contribution in [3.63, 3.8) is 0 Å². The Labute approximate surface area is 113 Å². The summed E-state index contributed by atoms with van der Waals surface area (Å²) in [6, 6.07) is 5.91. The molecule has 0 aliphatic heterocycles. The maximum Gasteiger partial charge on any atom is 0.0615 e. The van der Waals surface area contributed by atoms with Crippen LogP contribution in [0.4, 0.5) is 0 Å². The second-order valence-electron chi connectivity index (χ2n) is 4.02. The number of ether oxygens (including phenoxy) is 1. The quantitative estimate of drug-likeness (QED) is 0.815. The van der Waals surface area contributed by atoms with Crippen molar-refractivity contribution in [1.82, 2.24) is 5.32 Å². The SMILES string of the molecule is CCCC(COC)NCc1c(Cl)cccc1Cl. The van der Waals surface area contributed by atoms with Gasteiger partial charge in [0.2, 0.25) is 0 Å². The van der Waals surface area contributed by atoms with Crippen molar-refractivity contribution in [1.29, 1.82) is 0 Å². The molecule has 0 radical (unpaired) electrons. The summed E-state index contributed by atoms with van der Waals surface area (Å²) < 4.78 is 5.18. The van der Waals surface area contributed by atoms with E-state index in [1.807, 2.05) is 18.2 Å². The van der Waals surface area contributed by atoms with Crippen LogP contribution in [0.25, 0.3) is 0 Å². The van der Waals surface area contributed by atoms with E-state index in [9.17, 15) is 0 Å². The monoisotopic (exact) mass is 275 g/mol. The summed E-state index contributed by atoms with van der Waals surface area (Å²) in [5.41, 5.74) is 0.952. The molecular formula is C13H19Cl2NO. The van der Waals surface area contributed by atoms with Gasteiger partial charge in [0, 0.05) is 35.3 Å². The average molecular weight is 276 g/mol. The van der Waals surface area contributed by atoms with E-state index in [4.69, 9.17) is 27.9 Å². The summed E-state index contributed by atoms with van der Waals surface area (Å²) in [5.74, 6) is 0. The third kappa shape index (κ3) is 4.84. The van der Waals surface area contributed by atoms with E-state index in [1.165, 1.54) is 0 Å². The largest absolute Gasteiger partial charge is 0.383 e. The van der Waals surface area contributed by atoms with Crippen molar-refractivity contribution in [2.75, 3.05) is 13.7 Å². The van der Waals surface area contributed by atoms with Crippen molar-refractivity contribution in [3.05, 3.63) is 33.8 Å². The predicted molar refractivity (Wildman–Crippen MR) is 73.9 cm³/mol. The molecular weight excluding hydrogens is 257 g/mol. The fourth-order valence-corrected chi connectivity index (χ4v) is 2.27. The van der Waals surface area contributed by atoms with Gasteiger partial charge in [-0.05, 0) is 18.6 Å². The molecule has 0 heterocycles. The number of hydrogen-bond acceptors (Lipinski definition) is 2. The zero-order chi connectivity index (χ0) is 12.7. The second kappa shape index (κ2) is 7.93. The van der Waals surface area contributed by atoms with Crippen LogP contribution in [0.3, 0.4) is 0 Å². The van der Waals surface area contributed by atoms with Gasteiger partial charge in [0.1, 0.15) is 0 Å². The number of rotatable bonds is 7. The van der Waals surface area contributed by atoms with E-state index >= 15 is 0 Å². The second-order valence-corrected chi connectivity index (χ2v) is 4.84. The van der Waals surface area contributed by atoms with Crippen LogP contribution in [-0.4, -0.2) is 19.8 Å².